The van der Waals surface area contributed by atoms with Crippen LogP contribution in [-0.4, -0.2) is 13.4 Å². The molecule has 7 heteroatoms. The summed E-state index contributed by atoms with van der Waals surface area (Å²) in [5.41, 5.74) is 7.46. The standard InChI is InChI=1S/C11H13N3O2S2/c1-7-3-4-9(12)5-10(7)14-18(15,16)11-6-13-8(2)17-11/h3-6,14H,12H2,1-2H3. The molecule has 0 amide bonds. The highest BCUT2D eigenvalue weighted by molar-refractivity contribution is 7.94. The summed E-state index contributed by atoms with van der Waals surface area (Å²) in [5.74, 6) is 0. The fourth-order valence-electron chi connectivity index (χ4n) is 1.41. The highest BCUT2D eigenvalue weighted by atomic mass is 32.2. The number of hydrogen-bond acceptors (Lipinski definition) is 5. The number of nitrogens with zero attached hydrogens (tertiary/aromatic N) is 1. The number of rotatable bonds is 3. The molecule has 3 N–H and O–H groups in total. The van der Waals surface area contributed by atoms with E-state index in [0.29, 0.717) is 16.4 Å². The van der Waals surface area contributed by atoms with Crippen molar-refractivity contribution >= 4 is 32.7 Å². The molecule has 96 valence electrons. The monoisotopic (exact) mass is 283 g/mol. The van der Waals surface area contributed by atoms with E-state index in [0.717, 1.165) is 16.9 Å². The molecule has 0 aliphatic rings. The van der Waals surface area contributed by atoms with E-state index in [-0.39, 0.29) is 4.21 Å². The second-order valence-corrected chi connectivity index (χ2v) is 7.02. The Hall–Kier alpha value is -1.60. The summed E-state index contributed by atoms with van der Waals surface area (Å²) in [4.78, 5) is 3.94. The van der Waals surface area contributed by atoms with Crippen molar-refractivity contribution in [3.8, 4) is 0 Å². The molecule has 0 atom stereocenters. The highest BCUT2D eigenvalue weighted by Crippen LogP contribution is 2.24. The van der Waals surface area contributed by atoms with Gasteiger partial charge in [0.25, 0.3) is 10.0 Å². The highest BCUT2D eigenvalue weighted by Gasteiger charge is 2.18. The Labute approximate surface area is 110 Å². The maximum absolute atomic E-state index is 12.1. The first-order valence-electron chi connectivity index (χ1n) is 5.20. The molecule has 0 spiro atoms. The van der Waals surface area contributed by atoms with Gasteiger partial charge in [-0.3, -0.25) is 4.72 Å². The SMILES string of the molecule is Cc1ncc(S(=O)(=O)Nc2cc(N)ccc2C)s1. The molecule has 1 aromatic carbocycles. The van der Waals surface area contributed by atoms with E-state index in [1.54, 1.807) is 25.1 Å². The van der Waals surface area contributed by atoms with Crippen molar-refractivity contribution in [1.82, 2.24) is 4.98 Å². The van der Waals surface area contributed by atoms with Crippen molar-refractivity contribution in [3.05, 3.63) is 35.0 Å². The molecular weight excluding hydrogens is 270 g/mol. The lowest BCUT2D eigenvalue weighted by Crippen LogP contribution is -2.12. The first kappa shape index (κ1) is 12.8. The Bertz CT molecular complexity index is 677. The van der Waals surface area contributed by atoms with Crippen LogP contribution in [0, 0.1) is 13.8 Å². The second kappa shape index (κ2) is 4.58. The number of nitrogen functional groups attached to an aromatic ring is 1. The van der Waals surface area contributed by atoms with E-state index in [9.17, 15) is 8.42 Å². The molecule has 0 unspecified atom stereocenters. The Kier molecular flexibility index (Phi) is 3.27. The number of nitrogens with two attached hydrogens (primary N) is 1. The Morgan fingerprint density at radius 2 is 2.06 bits per heavy atom. The summed E-state index contributed by atoms with van der Waals surface area (Å²) in [6.07, 6.45) is 1.35. The summed E-state index contributed by atoms with van der Waals surface area (Å²) >= 11 is 1.13. The summed E-state index contributed by atoms with van der Waals surface area (Å²) < 4.78 is 26.9. The summed E-state index contributed by atoms with van der Waals surface area (Å²) in [6.45, 7) is 3.57. The fraction of sp³-hybridized carbons (Fsp3) is 0.182. The number of aromatic nitrogens is 1. The van der Waals surface area contributed by atoms with Gasteiger partial charge in [-0.25, -0.2) is 13.4 Å². The normalized spacial score (nSPS) is 11.4. The number of sulfonamides is 1. The smallest absolute Gasteiger partial charge is 0.273 e. The number of thiazole rings is 1. The molecule has 1 heterocycles. The van der Waals surface area contributed by atoms with Gasteiger partial charge < -0.3 is 5.73 Å². The number of benzene rings is 1. The lowest BCUT2D eigenvalue weighted by molar-refractivity contribution is 0.603. The molecule has 0 radical (unpaired) electrons. The minimum atomic E-state index is -3.58. The van der Waals surface area contributed by atoms with E-state index < -0.39 is 10.0 Å². The van der Waals surface area contributed by atoms with E-state index in [4.69, 9.17) is 5.73 Å². The minimum Gasteiger partial charge on any atom is -0.399 e. The van der Waals surface area contributed by atoms with Crippen LogP contribution in [0.1, 0.15) is 10.6 Å². The van der Waals surface area contributed by atoms with Gasteiger partial charge >= 0.3 is 0 Å². The van der Waals surface area contributed by atoms with Crippen molar-refractivity contribution in [1.29, 1.82) is 0 Å². The van der Waals surface area contributed by atoms with Crippen molar-refractivity contribution in [2.45, 2.75) is 18.1 Å². The molecule has 0 aliphatic heterocycles. The van der Waals surface area contributed by atoms with Crippen molar-refractivity contribution in [3.63, 3.8) is 0 Å². The zero-order valence-corrected chi connectivity index (χ0v) is 11.6. The zero-order chi connectivity index (χ0) is 13.3. The summed E-state index contributed by atoms with van der Waals surface area (Å²) in [7, 11) is -3.58. The first-order valence-corrected chi connectivity index (χ1v) is 7.50. The molecule has 0 saturated heterocycles. The molecule has 0 fully saturated rings. The van der Waals surface area contributed by atoms with Crippen LogP contribution in [0.15, 0.2) is 28.6 Å². The van der Waals surface area contributed by atoms with Gasteiger partial charge in [0.1, 0.15) is 0 Å². The van der Waals surface area contributed by atoms with Gasteiger partial charge in [-0.15, -0.1) is 11.3 Å². The topological polar surface area (TPSA) is 85.1 Å². The fourth-order valence-corrected chi connectivity index (χ4v) is 3.64. The van der Waals surface area contributed by atoms with Crippen molar-refractivity contribution < 1.29 is 8.42 Å². The first-order chi connectivity index (χ1) is 8.38. The van der Waals surface area contributed by atoms with Gasteiger partial charge in [-0.05, 0) is 31.5 Å². The van der Waals surface area contributed by atoms with Crippen LogP contribution in [0.5, 0.6) is 0 Å². The van der Waals surface area contributed by atoms with Crippen LogP contribution >= 0.6 is 11.3 Å². The molecule has 2 rings (SSSR count). The van der Waals surface area contributed by atoms with Gasteiger partial charge in [0.05, 0.1) is 16.9 Å². The molecule has 0 bridgehead atoms. The Morgan fingerprint density at radius 3 is 2.67 bits per heavy atom. The third-order valence-electron chi connectivity index (χ3n) is 2.37. The summed E-state index contributed by atoms with van der Waals surface area (Å²) in [6, 6.07) is 5.09. The number of hydrogen-bond donors (Lipinski definition) is 2. The second-order valence-electron chi connectivity index (χ2n) is 3.88. The Balaban J connectivity index is 2.36. The maximum atomic E-state index is 12.1. The lowest BCUT2D eigenvalue weighted by Gasteiger charge is -2.09. The molecule has 18 heavy (non-hydrogen) atoms. The van der Waals surface area contributed by atoms with Crippen LogP contribution in [0.4, 0.5) is 11.4 Å². The van der Waals surface area contributed by atoms with Gasteiger partial charge in [0.2, 0.25) is 0 Å². The molecule has 0 saturated carbocycles. The van der Waals surface area contributed by atoms with E-state index in [1.807, 2.05) is 6.92 Å². The lowest BCUT2D eigenvalue weighted by atomic mass is 10.2. The van der Waals surface area contributed by atoms with Gasteiger partial charge in [-0.2, -0.15) is 0 Å². The predicted octanol–water partition coefficient (Wildman–Crippen LogP) is 2.14. The van der Waals surface area contributed by atoms with Gasteiger partial charge in [0, 0.05) is 5.69 Å². The number of aryl methyl sites for hydroxylation is 2. The van der Waals surface area contributed by atoms with Crippen molar-refractivity contribution in [2.24, 2.45) is 0 Å². The minimum absolute atomic E-state index is 0.196. The average Bonchev–Trinajstić information content (AvgIpc) is 2.71. The van der Waals surface area contributed by atoms with Crippen LogP contribution < -0.4 is 10.5 Å². The van der Waals surface area contributed by atoms with Crippen LogP contribution in [0.3, 0.4) is 0 Å². The van der Waals surface area contributed by atoms with Crippen LogP contribution in [0.2, 0.25) is 0 Å². The third-order valence-corrected chi connectivity index (χ3v) is 5.11. The quantitative estimate of drug-likeness (QED) is 0.845. The largest absolute Gasteiger partial charge is 0.399 e. The number of nitrogens with one attached hydrogen (secondary N) is 1. The Morgan fingerprint density at radius 1 is 1.33 bits per heavy atom. The van der Waals surface area contributed by atoms with E-state index >= 15 is 0 Å². The molecular formula is C11H13N3O2S2. The van der Waals surface area contributed by atoms with E-state index in [2.05, 4.69) is 9.71 Å². The molecule has 0 aliphatic carbocycles. The zero-order valence-electron chi connectivity index (χ0n) is 9.97. The molecule has 2 aromatic rings. The molecule has 5 nitrogen and oxygen atoms in total. The van der Waals surface area contributed by atoms with Gasteiger partial charge in [0.15, 0.2) is 4.21 Å². The van der Waals surface area contributed by atoms with Crippen molar-refractivity contribution in [2.75, 3.05) is 10.5 Å². The average molecular weight is 283 g/mol. The van der Waals surface area contributed by atoms with Crippen LogP contribution in [0.25, 0.3) is 0 Å². The van der Waals surface area contributed by atoms with E-state index in [1.165, 1.54) is 6.20 Å². The predicted molar refractivity (Wildman–Crippen MR) is 73.3 cm³/mol. The van der Waals surface area contributed by atoms with Gasteiger partial charge in [-0.1, -0.05) is 6.07 Å². The summed E-state index contributed by atoms with van der Waals surface area (Å²) in [5, 5.41) is 0.708. The maximum Gasteiger partial charge on any atom is 0.273 e. The number of anilines is 2. The molecule has 1 aromatic heterocycles. The van der Waals surface area contributed by atoms with Crippen LogP contribution in [-0.2, 0) is 10.0 Å². The third kappa shape index (κ3) is 2.62.